The van der Waals surface area contributed by atoms with Gasteiger partial charge in [0.05, 0.1) is 17.4 Å². The van der Waals surface area contributed by atoms with Gasteiger partial charge < -0.3 is 4.74 Å². The van der Waals surface area contributed by atoms with Gasteiger partial charge in [-0.3, -0.25) is 4.79 Å². The molecule has 0 aromatic heterocycles. The minimum atomic E-state index is -6.34. The van der Waals surface area contributed by atoms with E-state index in [1.807, 2.05) is 0 Å². The molecule has 0 amide bonds. The van der Waals surface area contributed by atoms with Crippen LogP contribution in [0.3, 0.4) is 0 Å². The Morgan fingerprint density at radius 1 is 0.974 bits per heavy atom. The minimum Gasteiger partial charge on any atom is -0.466 e. The van der Waals surface area contributed by atoms with Gasteiger partial charge in [-0.05, 0) is 73.9 Å². The summed E-state index contributed by atoms with van der Waals surface area (Å²) in [6.07, 6.45) is -13.2. The summed E-state index contributed by atoms with van der Waals surface area (Å²) in [5, 5.41) is 0. The van der Waals surface area contributed by atoms with Crippen molar-refractivity contribution in [3.8, 4) is 0 Å². The molecule has 0 radical (unpaired) electrons. The molecule has 0 spiro atoms. The number of carbonyl (C=O) groups is 1. The van der Waals surface area contributed by atoms with Gasteiger partial charge in [-0.2, -0.15) is 26.3 Å². The van der Waals surface area contributed by atoms with E-state index >= 15 is 0 Å². The first-order chi connectivity index (χ1) is 17.5. The Morgan fingerprint density at radius 2 is 1.58 bits per heavy atom. The number of alkyl halides is 7. The average molecular weight is 570 g/mol. The second-order valence-corrected chi connectivity index (χ2v) is 11.6. The number of hydrogen-bond acceptors (Lipinski definition) is 4. The Bertz CT molecular complexity index is 1320. The van der Waals surface area contributed by atoms with Crippen LogP contribution in [0.15, 0.2) is 47.4 Å². The van der Waals surface area contributed by atoms with E-state index in [1.165, 1.54) is 0 Å². The summed E-state index contributed by atoms with van der Waals surface area (Å²) in [7, 11) is -4.49. The van der Waals surface area contributed by atoms with E-state index in [1.54, 1.807) is 6.92 Å². The summed E-state index contributed by atoms with van der Waals surface area (Å²) >= 11 is 0. The summed E-state index contributed by atoms with van der Waals surface area (Å²) in [5.41, 5.74) is -7.72. The molecular formula is C25H22F8O4S. The molecule has 38 heavy (non-hydrogen) atoms. The second kappa shape index (κ2) is 9.20. The van der Waals surface area contributed by atoms with E-state index in [0.29, 0.717) is 12.1 Å². The van der Waals surface area contributed by atoms with E-state index < -0.39 is 61.8 Å². The zero-order valence-corrected chi connectivity index (χ0v) is 20.6. The van der Waals surface area contributed by atoms with Gasteiger partial charge in [-0.25, -0.2) is 17.2 Å². The SMILES string of the molecule is CCOC(=O)C1CC[C@@]2(S(=O)(=O)c3ccc(F)cc3)c3ccc(C(F)(C(F)(F)F)C(F)(F)F)cc3CCC12. The topological polar surface area (TPSA) is 60.4 Å². The molecule has 2 aromatic rings. The Balaban J connectivity index is 1.95. The number of ether oxygens (including phenoxy) is 1. The molecule has 1 fully saturated rings. The fourth-order valence-corrected chi connectivity index (χ4v) is 8.38. The predicted octanol–water partition coefficient (Wildman–Crippen LogP) is 6.32. The highest BCUT2D eigenvalue weighted by atomic mass is 32.2. The van der Waals surface area contributed by atoms with Crippen molar-refractivity contribution in [3.63, 3.8) is 0 Å². The van der Waals surface area contributed by atoms with Gasteiger partial charge in [0.2, 0.25) is 0 Å². The third-order valence-electron chi connectivity index (χ3n) is 7.57. The molecule has 0 bridgehead atoms. The molecule has 4 rings (SSSR count). The van der Waals surface area contributed by atoms with E-state index in [-0.39, 0.29) is 48.3 Å². The van der Waals surface area contributed by atoms with Crippen LogP contribution in [0.1, 0.15) is 42.9 Å². The summed E-state index contributed by atoms with van der Waals surface area (Å²) in [5.74, 6) is -3.26. The maximum atomic E-state index is 14.8. The fourth-order valence-electron chi connectivity index (χ4n) is 5.91. The van der Waals surface area contributed by atoms with Crippen LogP contribution in [-0.4, -0.2) is 33.3 Å². The quantitative estimate of drug-likeness (QED) is 0.240. The van der Waals surface area contributed by atoms with E-state index in [2.05, 4.69) is 0 Å². The van der Waals surface area contributed by atoms with Gasteiger partial charge in [0.15, 0.2) is 9.84 Å². The monoisotopic (exact) mass is 570 g/mol. The van der Waals surface area contributed by atoms with Crippen LogP contribution < -0.4 is 0 Å². The Hall–Kier alpha value is -2.70. The van der Waals surface area contributed by atoms with Gasteiger partial charge in [-0.1, -0.05) is 18.2 Å². The molecule has 0 heterocycles. The minimum absolute atomic E-state index is 0.00712. The van der Waals surface area contributed by atoms with Crippen molar-refractivity contribution < 1.29 is 53.1 Å². The predicted molar refractivity (Wildman–Crippen MR) is 118 cm³/mol. The Morgan fingerprint density at radius 3 is 2.13 bits per heavy atom. The van der Waals surface area contributed by atoms with Crippen molar-refractivity contribution in [1.29, 1.82) is 0 Å². The number of aryl methyl sites for hydroxylation is 1. The highest BCUT2D eigenvalue weighted by Crippen LogP contribution is 2.60. The molecule has 13 heteroatoms. The van der Waals surface area contributed by atoms with Crippen molar-refractivity contribution in [2.24, 2.45) is 11.8 Å². The first-order valence-corrected chi connectivity index (χ1v) is 13.1. The van der Waals surface area contributed by atoms with Crippen molar-refractivity contribution in [2.45, 2.75) is 60.3 Å². The number of halogens is 8. The van der Waals surface area contributed by atoms with Crippen molar-refractivity contribution in [1.82, 2.24) is 0 Å². The first kappa shape index (κ1) is 28.3. The first-order valence-electron chi connectivity index (χ1n) is 11.7. The van der Waals surface area contributed by atoms with Crippen LogP contribution in [-0.2, 0) is 36.2 Å². The molecular weight excluding hydrogens is 548 g/mol. The average Bonchev–Trinajstić information content (AvgIpc) is 3.24. The zero-order valence-electron chi connectivity index (χ0n) is 19.8. The standard InChI is InChI=1S/C25H22F8O4S/c1-2-37-21(34)18-11-12-22(38(35,36)17-7-5-16(26)6-8-17)19-10-4-15(13-14(19)3-9-20(18)22)23(27,24(28,29)30)25(31,32)33/h4-8,10,13,18,20H,2-3,9,11-12H2,1H3/t18?,20?,22-/m1/s1. The lowest BCUT2D eigenvalue weighted by molar-refractivity contribution is -0.348. The van der Waals surface area contributed by atoms with Crippen molar-refractivity contribution in [2.75, 3.05) is 6.61 Å². The highest BCUT2D eigenvalue weighted by molar-refractivity contribution is 7.92. The molecule has 2 unspecified atom stereocenters. The second-order valence-electron chi connectivity index (χ2n) is 9.42. The van der Waals surface area contributed by atoms with Crippen LogP contribution in [0.4, 0.5) is 35.1 Å². The molecule has 1 saturated carbocycles. The van der Waals surface area contributed by atoms with Crippen LogP contribution >= 0.6 is 0 Å². The fraction of sp³-hybridized carbons (Fsp3) is 0.480. The van der Waals surface area contributed by atoms with Gasteiger partial charge in [0.25, 0.3) is 0 Å². The molecule has 2 aromatic carbocycles. The summed E-state index contributed by atoms with van der Waals surface area (Å²) in [6.45, 7) is 1.56. The molecule has 4 nitrogen and oxygen atoms in total. The molecule has 0 aliphatic heterocycles. The largest absolute Gasteiger partial charge is 0.466 e. The third-order valence-corrected chi connectivity index (χ3v) is 10.1. The number of rotatable bonds is 5. The van der Waals surface area contributed by atoms with Gasteiger partial charge >= 0.3 is 24.0 Å². The zero-order chi connectivity index (χ0) is 28.3. The Labute approximate surface area is 212 Å². The van der Waals surface area contributed by atoms with Gasteiger partial charge in [-0.15, -0.1) is 0 Å². The lowest BCUT2D eigenvalue weighted by Crippen LogP contribution is -2.51. The summed E-state index contributed by atoms with van der Waals surface area (Å²) in [6, 6.07) is 5.26. The molecule has 3 atom stereocenters. The van der Waals surface area contributed by atoms with E-state index in [9.17, 15) is 48.3 Å². The van der Waals surface area contributed by atoms with Crippen molar-refractivity contribution in [3.05, 3.63) is 65.0 Å². The number of hydrogen-bond donors (Lipinski definition) is 0. The molecule has 2 aliphatic carbocycles. The lowest BCUT2D eigenvalue weighted by Gasteiger charge is -2.42. The van der Waals surface area contributed by atoms with Gasteiger partial charge in [0.1, 0.15) is 10.6 Å². The van der Waals surface area contributed by atoms with E-state index in [0.717, 1.165) is 30.3 Å². The number of sulfone groups is 1. The lowest BCUT2D eigenvalue weighted by atomic mass is 9.72. The van der Waals surface area contributed by atoms with Crippen LogP contribution in [0.5, 0.6) is 0 Å². The number of esters is 1. The normalized spacial score (nSPS) is 24.0. The summed E-state index contributed by atoms with van der Waals surface area (Å²) in [4.78, 5) is 12.4. The van der Waals surface area contributed by atoms with Gasteiger partial charge in [0, 0.05) is 5.56 Å². The number of fused-ring (bicyclic) bond motifs is 3. The summed E-state index contributed by atoms with van der Waals surface area (Å²) < 4.78 is 140. The van der Waals surface area contributed by atoms with Crippen LogP contribution in [0.2, 0.25) is 0 Å². The maximum absolute atomic E-state index is 14.8. The maximum Gasteiger partial charge on any atom is 0.435 e. The molecule has 2 aliphatic rings. The number of benzene rings is 2. The van der Waals surface area contributed by atoms with E-state index in [4.69, 9.17) is 4.74 Å². The molecule has 0 N–H and O–H groups in total. The van der Waals surface area contributed by atoms with Crippen LogP contribution in [0.25, 0.3) is 0 Å². The Kier molecular flexibility index (Phi) is 6.85. The van der Waals surface area contributed by atoms with Crippen LogP contribution in [0, 0.1) is 17.7 Å². The number of carbonyl (C=O) groups excluding carboxylic acids is 1. The molecule has 208 valence electrons. The van der Waals surface area contributed by atoms with Crippen molar-refractivity contribution >= 4 is 15.8 Å². The third kappa shape index (κ3) is 3.99. The molecule has 0 saturated heterocycles. The highest BCUT2D eigenvalue weighted by Gasteiger charge is 2.74. The smallest absolute Gasteiger partial charge is 0.435 e.